The lowest BCUT2D eigenvalue weighted by Gasteiger charge is -2.42. The summed E-state index contributed by atoms with van der Waals surface area (Å²) >= 11 is 0. The van der Waals surface area contributed by atoms with Crippen LogP contribution in [0.25, 0.3) is 0 Å². The van der Waals surface area contributed by atoms with Gasteiger partial charge in [-0.25, -0.2) is 0 Å². The second-order valence-corrected chi connectivity index (χ2v) is 11.2. The fraction of sp³-hybridized carbons (Fsp3) is 0.517. The SMILES string of the molecule is C=C1C(=C)C2CC1C1=C2CC2C3CC(c4c(OC)c5c(c(OC)c43)C3C=CC5C3)C2C1. The normalized spacial score (nSPS) is 41.7. The maximum Gasteiger partial charge on any atom is 0.126 e. The standard InChI is InChI=1S/C29H30O2/c1-12-13(2)17-8-16(12)18-9-20-21(10-19(17)18)23-11-22(20)26-27(23)29(31-4)25-15-6-5-14(7-15)24(25)28(26)30-3/h5-6,14-17,20-23H,1-2,7-11H2,3-4H3. The summed E-state index contributed by atoms with van der Waals surface area (Å²) < 4.78 is 12.4. The molecule has 0 spiro atoms. The molecule has 2 saturated carbocycles. The van der Waals surface area contributed by atoms with Gasteiger partial charge in [-0.15, -0.1) is 0 Å². The molecule has 0 radical (unpaired) electrons. The Bertz CT molecular complexity index is 1090. The molecule has 7 aliphatic rings. The van der Waals surface area contributed by atoms with E-state index in [1.807, 2.05) is 14.2 Å². The van der Waals surface area contributed by atoms with Gasteiger partial charge >= 0.3 is 0 Å². The largest absolute Gasteiger partial charge is 0.496 e. The Morgan fingerprint density at radius 1 is 0.677 bits per heavy atom. The van der Waals surface area contributed by atoms with Crippen LogP contribution in [0.3, 0.4) is 0 Å². The topological polar surface area (TPSA) is 18.5 Å². The van der Waals surface area contributed by atoms with Gasteiger partial charge in [-0.2, -0.15) is 0 Å². The molecule has 8 unspecified atom stereocenters. The molecule has 7 aliphatic carbocycles. The molecular formula is C29H30O2. The Kier molecular flexibility index (Phi) is 3.02. The van der Waals surface area contributed by atoms with Crippen molar-refractivity contribution < 1.29 is 9.47 Å². The van der Waals surface area contributed by atoms with E-state index >= 15 is 0 Å². The minimum Gasteiger partial charge on any atom is -0.496 e. The molecule has 0 aliphatic heterocycles. The van der Waals surface area contributed by atoms with Crippen LogP contribution in [0.1, 0.15) is 78.0 Å². The lowest BCUT2D eigenvalue weighted by molar-refractivity contribution is 0.281. The molecule has 1 aromatic rings. The number of benzene rings is 1. The first-order valence-electron chi connectivity index (χ1n) is 12.2. The van der Waals surface area contributed by atoms with E-state index < -0.39 is 0 Å². The molecule has 8 rings (SSSR count). The van der Waals surface area contributed by atoms with E-state index in [4.69, 9.17) is 9.47 Å². The Morgan fingerprint density at radius 2 is 1.16 bits per heavy atom. The molecule has 2 heteroatoms. The van der Waals surface area contributed by atoms with Crippen molar-refractivity contribution in [1.29, 1.82) is 0 Å². The molecule has 2 nitrogen and oxygen atoms in total. The maximum atomic E-state index is 6.22. The van der Waals surface area contributed by atoms with Crippen molar-refractivity contribution >= 4 is 0 Å². The summed E-state index contributed by atoms with van der Waals surface area (Å²) in [5, 5.41) is 0. The zero-order valence-corrected chi connectivity index (χ0v) is 18.5. The average Bonchev–Trinajstić information content (AvgIpc) is 3.60. The van der Waals surface area contributed by atoms with E-state index in [-0.39, 0.29) is 0 Å². The van der Waals surface area contributed by atoms with Crippen LogP contribution in [0.15, 0.2) is 47.6 Å². The molecule has 2 fully saturated rings. The van der Waals surface area contributed by atoms with Crippen LogP contribution in [0.5, 0.6) is 11.5 Å². The van der Waals surface area contributed by atoms with E-state index in [1.165, 1.54) is 77.0 Å². The van der Waals surface area contributed by atoms with E-state index in [0.29, 0.717) is 35.5 Å². The van der Waals surface area contributed by atoms with Crippen molar-refractivity contribution in [1.82, 2.24) is 0 Å². The Labute approximate surface area is 184 Å². The highest BCUT2D eigenvalue weighted by atomic mass is 16.5. The highest BCUT2D eigenvalue weighted by molar-refractivity contribution is 5.71. The summed E-state index contributed by atoms with van der Waals surface area (Å²) in [5.74, 6) is 7.48. The van der Waals surface area contributed by atoms with Crippen molar-refractivity contribution in [2.24, 2.45) is 23.7 Å². The third-order valence-corrected chi connectivity index (χ3v) is 10.5. The van der Waals surface area contributed by atoms with Crippen molar-refractivity contribution in [2.75, 3.05) is 14.2 Å². The molecule has 0 amide bonds. The summed E-state index contributed by atoms with van der Waals surface area (Å²) in [4.78, 5) is 0. The monoisotopic (exact) mass is 410 g/mol. The number of ether oxygens (including phenoxy) is 2. The Morgan fingerprint density at radius 3 is 1.61 bits per heavy atom. The zero-order valence-electron chi connectivity index (χ0n) is 18.5. The second kappa shape index (κ2) is 5.39. The lowest BCUT2D eigenvalue weighted by atomic mass is 9.63. The van der Waals surface area contributed by atoms with Crippen LogP contribution in [0.4, 0.5) is 0 Å². The van der Waals surface area contributed by atoms with E-state index in [2.05, 4.69) is 25.3 Å². The third kappa shape index (κ3) is 1.75. The minimum absolute atomic E-state index is 0.518. The van der Waals surface area contributed by atoms with E-state index in [1.54, 1.807) is 11.1 Å². The Hall–Kier alpha value is -2.22. The van der Waals surface area contributed by atoms with Gasteiger partial charge in [0.1, 0.15) is 11.5 Å². The fourth-order valence-electron chi connectivity index (χ4n) is 9.47. The van der Waals surface area contributed by atoms with Crippen molar-refractivity contribution in [3.8, 4) is 11.5 Å². The predicted octanol–water partition coefficient (Wildman–Crippen LogP) is 6.51. The van der Waals surface area contributed by atoms with Crippen molar-refractivity contribution in [3.63, 3.8) is 0 Å². The van der Waals surface area contributed by atoms with Gasteiger partial charge in [-0.05, 0) is 66.9 Å². The van der Waals surface area contributed by atoms with Crippen molar-refractivity contribution in [3.05, 3.63) is 69.9 Å². The summed E-state index contributed by atoms with van der Waals surface area (Å²) in [6, 6.07) is 0. The number of allylic oxidation sites excluding steroid dienone is 6. The molecule has 0 saturated heterocycles. The van der Waals surface area contributed by atoms with Crippen LogP contribution >= 0.6 is 0 Å². The average molecular weight is 411 g/mol. The molecule has 6 bridgehead atoms. The fourth-order valence-corrected chi connectivity index (χ4v) is 9.47. The summed E-state index contributed by atoms with van der Waals surface area (Å²) in [6.07, 6.45) is 11.1. The van der Waals surface area contributed by atoms with Crippen LogP contribution in [0, 0.1) is 23.7 Å². The predicted molar refractivity (Wildman–Crippen MR) is 122 cm³/mol. The van der Waals surface area contributed by atoms with Gasteiger partial charge in [0.05, 0.1) is 14.2 Å². The molecule has 0 heterocycles. The van der Waals surface area contributed by atoms with E-state index in [9.17, 15) is 0 Å². The summed E-state index contributed by atoms with van der Waals surface area (Å²) in [7, 11) is 3.79. The van der Waals surface area contributed by atoms with Gasteiger partial charge < -0.3 is 9.47 Å². The number of hydrogen-bond acceptors (Lipinski definition) is 2. The van der Waals surface area contributed by atoms with Gasteiger partial charge in [-0.3, -0.25) is 0 Å². The van der Waals surface area contributed by atoms with Gasteiger partial charge in [0.2, 0.25) is 0 Å². The first-order valence-corrected chi connectivity index (χ1v) is 12.2. The summed E-state index contributed by atoms with van der Waals surface area (Å²) in [5.41, 5.74) is 12.2. The van der Waals surface area contributed by atoms with Gasteiger partial charge in [-0.1, -0.05) is 36.5 Å². The number of rotatable bonds is 2. The molecular weight excluding hydrogens is 380 g/mol. The number of hydrogen-bond donors (Lipinski definition) is 0. The van der Waals surface area contributed by atoms with Gasteiger partial charge in [0.15, 0.2) is 0 Å². The number of methoxy groups -OCH3 is 2. The third-order valence-electron chi connectivity index (χ3n) is 10.5. The molecule has 31 heavy (non-hydrogen) atoms. The first kappa shape index (κ1) is 17.3. The maximum absolute atomic E-state index is 6.22. The molecule has 0 aromatic heterocycles. The zero-order chi connectivity index (χ0) is 20.8. The van der Waals surface area contributed by atoms with Crippen LogP contribution in [-0.2, 0) is 0 Å². The molecule has 1 aromatic carbocycles. The smallest absolute Gasteiger partial charge is 0.126 e. The van der Waals surface area contributed by atoms with Gasteiger partial charge in [0, 0.05) is 45.9 Å². The second-order valence-electron chi connectivity index (χ2n) is 11.2. The molecule has 158 valence electrons. The van der Waals surface area contributed by atoms with Crippen molar-refractivity contribution in [2.45, 2.75) is 55.8 Å². The van der Waals surface area contributed by atoms with Crippen LogP contribution in [-0.4, -0.2) is 14.2 Å². The number of fused-ring (bicyclic) bond motifs is 17. The van der Waals surface area contributed by atoms with Crippen LogP contribution < -0.4 is 9.47 Å². The summed E-state index contributed by atoms with van der Waals surface area (Å²) in [6.45, 7) is 8.83. The van der Waals surface area contributed by atoms with E-state index in [0.717, 1.165) is 11.8 Å². The lowest BCUT2D eigenvalue weighted by Crippen LogP contribution is -2.30. The molecule has 0 N–H and O–H groups in total. The minimum atomic E-state index is 0.518. The highest BCUT2D eigenvalue weighted by Gasteiger charge is 2.59. The van der Waals surface area contributed by atoms with Gasteiger partial charge in [0.25, 0.3) is 0 Å². The quantitative estimate of drug-likeness (QED) is 0.517. The highest BCUT2D eigenvalue weighted by Crippen LogP contribution is 2.73. The molecule has 8 atom stereocenters. The first-order chi connectivity index (χ1) is 15.1. The Balaban J connectivity index is 1.30. The van der Waals surface area contributed by atoms with Crippen LogP contribution in [0.2, 0.25) is 0 Å².